The number of nitrogens with one attached hydrogen (secondary N) is 1. The van der Waals surface area contributed by atoms with E-state index in [1.54, 1.807) is 12.3 Å². The van der Waals surface area contributed by atoms with E-state index < -0.39 is 7.12 Å². The van der Waals surface area contributed by atoms with Crippen LogP contribution in [0.1, 0.15) is 30.9 Å². The van der Waals surface area contributed by atoms with E-state index in [0.29, 0.717) is 11.5 Å². The Labute approximate surface area is 89.5 Å². The highest BCUT2D eigenvalue weighted by molar-refractivity contribution is 6.58. The Bertz CT molecular complexity index is 327. The Balaban J connectivity index is 2.16. The number of nitrogens with zero attached hydrogens (tertiary/aromatic N) is 1. The lowest BCUT2D eigenvalue weighted by Crippen LogP contribution is -2.32. The van der Waals surface area contributed by atoms with Gasteiger partial charge in [0.1, 0.15) is 0 Å². The van der Waals surface area contributed by atoms with Gasteiger partial charge in [0, 0.05) is 23.9 Å². The van der Waals surface area contributed by atoms with Gasteiger partial charge in [-0.2, -0.15) is 0 Å². The summed E-state index contributed by atoms with van der Waals surface area (Å²) in [6.07, 6.45) is 6.79. The Morgan fingerprint density at radius 1 is 1.33 bits per heavy atom. The maximum Gasteiger partial charge on any atom is 0.490 e. The van der Waals surface area contributed by atoms with Crippen LogP contribution in [0.2, 0.25) is 0 Å². The van der Waals surface area contributed by atoms with Gasteiger partial charge in [-0.25, -0.2) is 0 Å². The lowest BCUT2D eigenvalue weighted by Gasteiger charge is -2.23. The van der Waals surface area contributed by atoms with E-state index in [1.807, 2.05) is 0 Å². The first-order valence-corrected chi connectivity index (χ1v) is 5.32. The number of rotatable bonds is 2. The number of pyridine rings is 1. The molecule has 0 spiro atoms. The van der Waals surface area contributed by atoms with Crippen LogP contribution in [0.5, 0.6) is 0 Å². The quantitative estimate of drug-likeness (QED) is 0.575. The second-order valence-electron chi connectivity index (χ2n) is 3.93. The molecular formula is C10H15BN2O2. The van der Waals surface area contributed by atoms with Crippen LogP contribution in [0.4, 0.5) is 0 Å². The molecule has 0 aliphatic carbocycles. The second kappa shape index (κ2) is 4.74. The van der Waals surface area contributed by atoms with Gasteiger partial charge in [0.2, 0.25) is 0 Å². The molecule has 1 aliphatic rings. The lowest BCUT2D eigenvalue weighted by molar-refractivity contribution is 0.410. The zero-order chi connectivity index (χ0) is 10.7. The monoisotopic (exact) mass is 206 g/mol. The van der Waals surface area contributed by atoms with Crippen LogP contribution < -0.4 is 10.8 Å². The van der Waals surface area contributed by atoms with Crippen molar-refractivity contribution in [2.75, 3.05) is 6.54 Å². The highest BCUT2D eigenvalue weighted by Crippen LogP contribution is 2.21. The first kappa shape index (κ1) is 10.6. The smallest absolute Gasteiger partial charge is 0.423 e. The summed E-state index contributed by atoms with van der Waals surface area (Å²) in [6, 6.07) is 2.12. The SMILES string of the molecule is OB(O)c1cncc([C@H]2CCCCN2)c1. The fraction of sp³-hybridized carbons (Fsp3) is 0.500. The van der Waals surface area contributed by atoms with Crippen molar-refractivity contribution >= 4 is 12.6 Å². The van der Waals surface area contributed by atoms with Crippen LogP contribution in [0.3, 0.4) is 0 Å². The van der Waals surface area contributed by atoms with Crippen LogP contribution in [0.25, 0.3) is 0 Å². The van der Waals surface area contributed by atoms with Gasteiger partial charge in [0.15, 0.2) is 0 Å². The predicted molar refractivity (Wildman–Crippen MR) is 58.7 cm³/mol. The molecule has 1 aromatic rings. The number of hydrogen-bond acceptors (Lipinski definition) is 4. The fourth-order valence-electron chi connectivity index (χ4n) is 1.94. The summed E-state index contributed by atoms with van der Waals surface area (Å²) in [5.74, 6) is 0. The summed E-state index contributed by atoms with van der Waals surface area (Å²) < 4.78 is 0. The van der Waals surface area contributed by atoms with Crippen LogP contribution in [-0.4, -0.2) is 28.7 Å². The summed E-state index contributed by atoms with van der Waals surface area (Å²) in [5.41, 5.74) is 1.50. The molecule has 0 radical (unpaired) electrons. The zero-order valence-corrected chi connectivity index (χ0v) is 8.56. The van der Waals surface area contributed by atoms with E-state index in [-0.39, 0.29) is 0 Å². The fourth-order valence-corrected chi connectivity index (χ4v) is 1.94. The molecule has 2 rings (SSSR count). The van der Waals surface area contributed by atoms with Gasteiger partial charge < -0.3 is 15.4 Å². The van der Waals surface area contributed by atoms with Crippen molar-refractivity contribution in [3.63, 3.8) is 0 Å². The average molecular weight is 206 g/mol. The van der Waals surface area contributed by atoms with Crippen LogP contribution in [-0.2, 0) is 0 Å². The molecule has 1 fully saturated rings. The van der Waals surface area contributed by atoms with Gasteiger partial charge in [-0.3, -0.25) is 4.98 Å². The number of hydrogen-bond donors (Lipinski definition) is 3. The third-order valence-corrected chi connectivity index (χ3v) is 2.79. The van der Waals surface area contributed by atoms with E-state index in [1.165, 1.54) is 19.0 Å². The topological polar surface area (TPSA) is 65.4 Å². The highest BCUT2D eigenvalue weighted by Gasteiger charge is 2.17. The van der Waals surface area contributed by atoms with Crippen molar-refractivity contribution in [1.29, 1.82) is 0 Å². The zero-order valence-electron chi connectivity index (χ0n) is 8.56. The Hall–Kier alpha value is -0.905. The lowest BCUT2D eigenvalue weighted by atomic mass is 9.80. The minimum atomic E-state index is -1.43. The minimum absolute atomic E-state index is 0.310. The number of piperidine rings is 1. The minimum Gasteiger partial charge on any atom is -0.423 e. The van der Waals surface area contributed by atoms with E-state index >= 15 is 0 Å². The van der Waals surface area contributed by atoms with E-state index in [4.69, 9.17) is 10.0 Å². The third-order valence-electron chi connectivity index (χ3n) is 2.79. The van der Waals surface area contributed by atoms with Gasteiger partial charge >= 0.3 is 7.12 Å². The largest absolute Gasteiger partial charge is 0.490 e. The molecule has 2 heterocycles. The highest BCUT2D eigenvalue weighted by atomic mass is 16.4. The molecule has 0 unspecified atom stereocenters. The molecule has 0 bridgehead atoms. The maximum absolute atomic E-state index is 9.04. The van der Waals surface area contributed by atoms with Crippen LogP contribution in [0, 0.1) is 0 Å². The van der Waals surface area contributed by atoms with Crippen LogP contribution in [0.15, 0.2) is 18.5 Å². The van der Waals surface area contributed by atoms with E-state index in [2.05, 4.69) is 10.3 Å². The molecule has 5 heteroatoms. The summed E-state index contributed by atoms with van der Waals surface area (Å²) in [5, 5.41) is 21.5. The molecule has 0 saturated carbocycles. The summed E-state index contributed by atoms with van der Waals surface area (Å²) in [4.78, 5) is 4.02. The summed E-state index contributed by atoms with van der Waals surface area (Å²) >= 11 is 0. The van der Waals surface area contributed by atoms with Crippen molar-refractivity contribution in [3.8, 4) is 0 Å². The van der Waals surface area contributed by atoms with Crippen molar-refractivity contribution in [1.82, 2.24) is 10.3 Å². The second-order valence-corrected chi connectivity index (χ2v) is 3.93. The maximum atomic E-state index is 9.04. The van der Waals surface area contributed by atoms with Crippen LogP contribution >= 0.6 is 0 Å². The first-order chi connectivity index (χ1) is 7.27. The Morgan fingerprint density at radius 3 is 2.87 bits per heavy atom. The normalized spacial score (nSPS) is 21.3. The van der Waals surface area contributed by atoms with Crippen molar-refractivity contribution in [2.45, 2.75) is 25.3 Å². The average Bonchev–Trinajstić information content (AvgIpc) is 2.30. The molecule has 4 nitrogen and oxygen atoms in total. The van der Waals surface area contributed by atoms with Gasteiger partial charge in [-0.1, -0.05) is 12.5 Å². The molecule has 15 heavy (non-hydrogen) atoms. The van der Waals surface area contributed by atoms with E-state index in [0.717, 1.165) is 18.5 Å². The van der Waals surface area contributed by atoms with Crippen molar-refractivity contribution in [2.24, 2.45) is 0 Å². The van der Waals surface area contributed by atoms with Crippen molar-refractivity contribution < 1.29 is 10.0 Å². The molecule has 0 aromatic carbocycles. The summed E-state index contributed by atoms with van der Waals surface area (Å²) in [6.45, 7) is 1.02. The predicted octanol–water partition coefficient (Wildman–Crippen LogP) is -0.424. The Kier molecular flexibility index (Phi) is 3.35. The van der Waals surface area contributed by atoms with Gasteiger partial charge in [0.25, 0.3) is 0 Å². The van der Waals surface area contributed by atoms with Gasteiger partial charge in [0.05, 0.1) is 0 Å². The molecule has 3 N–H and O–H groups in total. The molecule has 0 amide bonds. The van der Waals surface area contributed by atoms with Crippen molar-refractivity contribution in [3.05, 3.63) is 24.0 Å². The van der Waals surface area contributed by atoms with E-state index in [9.17, 15) is 0 Å². The van der Waals surface area contributed by atoms with Gasteiger partial charge in [-0.05, 0) is 24.9 Å². The molecule has 1 aliphatic heterocycles. The molecule has 1 atom stereocenters. The first-order valence-electron chi connectivity index (χ1n) is 5.32. The molecule has 1 saturated heterocycles. The third kappa shape index (κ3) is 2.56. The molecular weight excluding hydrogens is 191 g/mol. The summed E-state index contributed by atoms with van der Waals surface area (Å²) in [7, 11) is -1.43. The van der Waals surface area contributed by atoms with Gasteiger partial charge in [-0.15, -0.1) is 0 Å². The standard InChI is InChI=1S/C10H15BN2O2/c14-11(15)9-5-8(6-12-7-9)10-3-1-2-4-13-10/h5-7,10,13-15H,1-4H2/t10-/m1/s1. The Morgan fingerprint density at radius 2 is 2.20 bits per heavy atom. The molecule has 1 aromatic heterocycles. The number of aromatic nitrogens is 1. The molecule has 80 valence electrons.